The van der Waals surface area contributed by atoms with Crippen molar-refractivity contribution in [3.63, 3.8) is 0 Å². The minimum absolute atomic E-state index is 0.327. The van der Waals surface area contributed by atoms with Gasteiger partial charge in [-0.15, -0.1) is 0 Å². The Morgan fingerprint density at radius 2 is 1.95 bits per heavy atom. The van der Waals surface area contributed by atoms with Gasteiger partial charge in [0.15, 0.2) is 5.13 Å². The molecule has 1 fully saturated rings. The van der Waals surface area contributed by atoms with Crippen LogP contribution in [0.25, 0.3) is 0 Å². The van der Waals surface area contributed by atoms with Gasteiger partial charge in [-0.3, -0.25) is 0 Å². The number of piperazine rings is 1. The zero-order chi connectivity index (χ0) is 15.5. The first-order chi connectivity index (χ1) is 10.7. The van der Waals surface area contributed by atoms with Crippen molar-refractivity contribution < 1.29 is 9.53 Å². The fourth-order valence-corrected chi connectivity index (χ4v) is 3.31. The highest BCUT2D eigenvalue weighted by Gasteiger charge is 2.21. The van der Waals surface area contributed by atoms with Crippen molar-refractivity contribution in [3.05, 3.63) is 35.0 Å². The molecule has 0 aliphatic carbocycles. The molecule has 0 aromatic carbocycles. The van der Waals surface area contributed by atoms with E-state index in [0.29, 0.717) is 4.88 Å². The predicted octanol–water partition coefficient (Wildman–Crippen LogP) is 1.96. The standard InChI is InChI=1S/C15H18N4O2S/c1-11-3-4-16-13(9-11)18-5-7-19(8-6-18)15-17-10-12(22-15)14(20)21-2/h3-4,9-10H,5-8H2,1-2H3. The summed E-state index contributed by atoms with van der Waals surface area (Å²) in [4.78, 5) is 25.3. The maximum absolute atomic E-state index is 11.5. The van der Waals surface area contributed by atoms with Gasteiger partial charge in [0, 0.05) is 32.4 Å². The molecule has 2 aromatic rings. The van der Waals surface area contributed by atoms with Gasteiger partial charge in [0.2, 0.25) is 0 Å². The largest absolute Gasteiger partial charge is 0.465 e. The van der Waals surface area contributed by atoms with E-state index in [2.05, 4.69) is 32.8 Å². The second kappa shape index (κ2) is 6.31. The van der Waals surface area contributed by atoms with Gasteiger partial charge >= 0.3 is 5.97 Å². The molecule has 0 bridgehead atoms. The SMILES string of the molecule is COC(=O)c1cnc(N2CCN(c3cc(C)ccn3)CC2)s1. The third kappa shape index (κ3) is 3.04. The van der Waals surface area contributed by atoms with Gasteiger partial charge in [-0.05, 0) is 24.6 Å². The summed E-state index contributed by atoms with van der Waals surface area (Å²) in [7, 11) is 1.38. The Morgan fingerprint density at radius 3 is 2.64 bits per heavy atom. The maximum atomic E-state index is 11.5. The second-order valence-electron chi connectivity index (χ2n) is 5.16. The topological polar surface area (TPSA) is 58.6 Å². The zero-order valence-electron chi connectivity index (χ0n) is 12.7. The van der Waals surface area contributed by atoms with Gasteiger partial charge < -0.3 is 14.5 Å². The first-order valence-electron chi connectivity index (χ1n) is 7.14. The van der Waals surface area contributed by atoms with Gasteiger partial charge in [-0.2, -0.15) is 0 Å². The van der Waals surface area contributed by atoms with Gasteiger partial charge in [0.25, 0.3) is 0 Å². The average Bonchev–Trinajstić information content (AvgIpc) is 3.04. The van der Waals surface area contributed by atoms with E-state index in [4.69, 9.17) is 4.74 Å². The van der Waals surface area contributed by atoms with Crippen LogP contribution in [0, 0.1) is 6.92 Å². The van der Waals surface area contributed by atoms with Crippen LogP contribution < -0.4 is 9.80 Å². The third-order valence-electron chi connectivity index (χ3n) is 3.66. The number of carbonyl (C=O) groups excluding carboxylic acids is 1. The molecule has 2 aromatic heterocycles. The summed E-state index contributed by atoms with van der Waals surface area (Å²) in [6, 6.07) is 4.11. The number of hydrogen-bond acceptors (Lipinski definition) is 7. The van der Waals surface area contributed by atoms with Crippen LogP contribution in [-0.2, 0) is 4.74 Å². The summed E-state index contributed by atoms with van der Waals surface area (Å²) in [6.45, 7) is 5.59. The Kier molecular flexibility index (Phi) is 4.24. The first kappa shape index (κ1) is 14.8. The summed E-state index contributed by atoms with van der Waals surface area (Å²) in [5.41, 5.74) is 1.22. The monoisotopic (exact) mass is 318 g/mol. The number of hydrogen-bond donors (Lipinski definition) is 0. The number of ether oxygens (including phenoxy) is 1. The number of pyridine rings is 1. The summed E-state index contributed by atoms with van der Waals surface area (Å²) >= 11 is 1.38. The highest BCUT2D eigenvalue weighted by Crippen LogP contribution is 2.25. The number of aromatic nitrogens is 2. The van der Waals surface area contributed by atoms with E-state index in [9.17, 15) is 4.79 Å². The Hall–Kier alpha value is -2.15. The molecule has 116 valence electrons. The molecule has 0 N–H and O–H groups in total. The van der Waals surface area contributed by atoms with Crippen molar-refractivity contribution in [1.82, 2.24) is 9.97 Å². The van der Waals surface area contributed by atoms with E-state index in [-0.39, 0.29) is 5.97 Å². The molecule has 0 unspecified atom stereocenters. The van der Waals surface area contributed by atoms with Crippen molar-refractivity contribution in [2.45, 2.75) is 6.92 Å². The van der Waals surface area contributed by atoms with Crippen molar-refractivity contribution >= 4 is 28.3 Å². The fourth-order valence-electron chi connectivity index (χ4n) is 2.43. The number of esters is 1. The van der Waals surface area contributed by atoms with Crippen LogP contribution in [0.2, 0.25) is 0 Å². The molecule has 3 heterocycles. The summed E-state index contributed by atoms with van der Waals surface area (Å²) < 4.78 is 4.72. The fraction of sp³-hybridized carbons (Fsp3) is 0.400. The quantitative estimate of drug-likeness (QED) is 0.806. The van der Waals surface area contributed by atoms with Gasteiger partial charge in [0.1, 0.15) is 10.7 Å². The number of thiazole rings is 1. The molecular formula is C15H18N4O2S. The van der Waals surface area contributed by atoms with Crippen molar-refractivity contribution in [2.75, 3.05) is 43.1 Å². The van der Waals surface area contributed by atoms with Crippen LogP contribution in [0.5, 0.6) is 0 Å². The minimum atomic E-state index is -0.327. The molecule has 0 saturated carbocycles. The minimum Gasteiger partial charge on any atom is -0.465 e. The lowest BCUT2D eigenvalue weighted by molar-refractivity contribution is 0.0606. The highest BCUT2D eigenvalue weighted by molar-refractivity contribution is 7.17. The normalized spacial score (nSPS) is 15.0. The highest BCUT2D eigenvalue weighted by atomic mass is 32.1. The Morgan fingerprint density at radius 1 is 1.23 bits per heavy atom. The summed E-state index contributed by atoms with van der Waals surface area (Å²) in [5, 5.41) is 0.872. The molecule has 0 atom stereocenters. The van der Waals surface area contributed by atoms with E-state index >= 15 is 0 Å². The molecular weight excluding hydrogens is 300 g/mol. The Balaban J connectivity index is 1.64. The van der Waals surface area contributed by atoms with Crippen molar-refractivity contribution in [1.29, 1.82) is 0 Å². The molecule has 1 aliphatic heterocycles. The third-order valence-corrected chi connectivity index (χ3v) is 4.69. The number of carbonyl (C=O) groups is 1. The second-order valence-corrected chi connectivity index (χ2v) is 6.17. The van der Waals surface area contributed by atoms with Crippen LogP contribution in [0.1, 0.15) is 15.2 Å². The number of aryl methyl sites for hydroxylation is 1. The van der Waals surface area contributed by atoms with Crippen molar-refractivity contribution in [2.24, 2.45) is 0 Å². The molecule has 0 spiro atoms. The number of nitrogens with zero attached hydrogens (tertiary/aromatic N) is 4. The molecule has 0 radical (unpaired) electrons. The van der Waals surface area contributed by atoms with E-state index in [1.165, 1.54) is 24.0 Å². The molecule has 0 amide bonds. The van der Waals surface area contributed by atoms with E-state index < -0.39 is 0 Å². The summed E-state index contributed by atoms with van der Waals surface area (Å²) in [5.74, 6) is 0.695. The number of anilines is 2. The molecule has 1 aliphatic rings. The molecule has 22 heavy (non-hydrogen) atoms. The lowest BCUT2D eigenvalue weighted by Gasteiger charge is -2.35. The van der Waals surface area contributed by atoms with Gasteiger partial charge in [-0.1, -0.05) is 11.3 Å². The lowest BCUT2D eigenvalue weighted by atomic mass is 10.2. The predicted molar refractivity (Wildman–Crippen MR) is 86.9 cm³/mol. The zero-order valence-corrected chi connectivity index (χ0v) is 13.5. The molecule has 7 heteroatoms. The molecule has 6 nitrogen and oxygen atoms in total. The van der Waals surface area contributed by atoms with Crippen LogP contribution in [0.4, 0.5) is 10.9 Å². The van der Waals surface area contributed by atoms with E-state index in [1.54, 1.807) is 6.20 Å². The smallest absolute Gasteiger partial charge is 0.349 e. The average molecular weight is 318 g/mol. The van der Waals surface area contributed by atoms with Crippen molar-refractivity contribution in [3.8, 4) is 0 Å². The lowest BCUT2D eigenvalue weighted by Crippen LogP contribution is -2.46. The first-order valence-corrected chi connectivity index (χ1v) is 7.96. The maximum Gasteiger partial charge on any atom is 0.349 e. The van der Waals surface area contributed by atoms with Gasteiger partial charge in [0.05, 0.1) is 13.3 Å². The number of methoxy groups -OCH3 is 1. The van der Waals surface area contributed by atoms with Gasteiger partial charge in [-0.25, -0.2) is 14.8 Å². The molecule has 3 rings (SSSR count). The van der Waals surface area contributed by atoms with Crippen LogP contribution in [-0.4, -0.2) is 49.2 Å². The van der Waals surface area contributed by atoms with Crippen LogP contribution >= 0.6 is 11.3 Å². The van der Waals surface area contributed by atoms with Crippen LogP contribution in [0.3, 0.4) is 0 Å². The van der Waals surface area contributed by atoms with Crippen LogP contribution in [0.15, 0.2) is 24.5 Å². The van der Waals surface area contributed by atoms with E-state index in [0.717, 1.165) is 37.1 Å². The Bertz CT molecular complexity index is 665. The summed E-state index contributed by atoms with van der Waals surface area (Å²) in [6.07, 6.45) is 3.43. The van der Waals surface area contributed by atoms with E-state index in [1.807, 2.05) is 12.3 Å². The number of rotatable bonds is 3. The Labute approximate surface area is 133 Å². The molecule has 1 saturated heterocycles.